The average Bonchev–Trinajstić information content (AvgIpc) is 2.76. The van der Waals surface area contributed by atoms with Crippen molar-refractivity contribution in [3.05, 3.63) is 47.9 Å². The molecule has 0 N–H and O–H groups in total. The van der Waals surface area contributed by atoms with Crippen molar-refractivity contribution in [2.75, 3.05) is 0 Å². The third kappa shape index (κ3) is 1.58. The minimum absolute atomic E-state index is 0.517. The van der Waals surface area contributed by atoms with Gasteiger partial charge in [-0.15, -0.1) is 11.3 Å². The van der Waals surface area contributed by atoms with Gasteiger partial charge < -0.3 is 0 Å². The summed E-state index contributed by atoms with van der Waals surface area (Å²) in [6.07, 6.45) is 1.50. The third-order valence-corrected chi connectivity index (χ3v) is 3.73. The second kappa shape index (κ2) is 3.85. The van der Waals surface area contributed by atoms with E-state index in [-0.39, 0.29) is 0 Å². The minimum atomic E-state index is 0.517. The van der Waals surface area contributed by atoms with Crippen molar-refractivity contribution < 1.29 is 0 Å². The Morgan fingerprint density at radius 3 is 2.62 bits per heavy atom. The van der Waals surface area contributed by atoms with Crippen LogP contribution in [-0.4, -0.2) is 9.97 Å². The summed E-state index contributed by atoms with van der Waals surface area (Å²) in [5.74, 6) is 0. The van der Waals surface area contributed by atoms with E-state index in [2.05, 4.69) is 22.1 Å². The summed E-state index contributed by atoms with van der Waals surface area (Å²) in [6, 6.07) is 12.2. The van der Waals surface area contributed by atoms with E-state index in [0.717, 1.165) is 15.1 Å². The number of halogens is 1. The molecule has 2 heterocycles. The molecule has 0 aliphatic carbocycles. The van der Waals surface area contributed by atoms with Crippen LogP contribution in [0.25, 0.3) is 20.7 Å². The van der Waals surface area contributed by atoms with E-state index < -0.39 is 0 Å². The molecule has 1 aromatic carbocycles. The first-order valence-corrected chi connectivity index (χ1v) is 5.99. The third-order valence-electron chi connectivity index (χ3n) is 2.34. The summed E-state index contributed by atoms with van der Waals surface area (Å²) >= 11 is 7.64. The quantitative estimate of drug-likeness (QED) is 0.607. The largest absolute Gasteiger partial charge is 0.225 e. The molecule has 16 heavy (non-hydrogen) atoms. The van der Waals surface area contributed by atoms with Crippen molar-refractivity contribution >= 4 is 33.2 Å². The second-order valence-electron chi connectivity index (χ2n) is 3.36. The highest BCUT2D eigenvalue weighted by Crippen LogP contribution is 2.34. The maximum atomic E-state index is 6.01. The van der Waals surface area contributed by atoms with Crippen molar-refractivity contribution in [1.29, 1.82) is 0 Å². The van der Waals surface area contributed by atoms with Crippen LogP contribution >= 0.6 is 22.9 Å². The topological polar surface area (TPSA) is 25.8 Å². The Morgan fingerprint density at radius 1 is 1.06 bits per heavy atom. The predicted octanol–water partition coefficient (Wildman–Crippen LogP) is 4.01. The van der Waals surface area contributed by atoms with Crippen LogP contribution in [0.15, 0.2) is 42.7 Å². The monoisotopic (exact) mass is 246 g/mol. The molecule has 0 saturated heterocycles. The van der Waals surface area contributed by atoms with Crippen LogP contribution in [0.2, 0.25) is 5.15 Å². The number of aromatic nitrogens is 2. The molecule has 0 unspecified atom stereocenters. The SMILES string of the molecule is Clc1ncnc2sc(-c3ccccc3)cc12. The molecule has 0 aliphatic heterocycles. The molecule has 0 radical (unpaired) electrons. The normalized spacial score (nSPS) is 10.8. The van der Waals surface area contributed by atoms with Crippen LogP contribution in [0.1, 0.15) is 0 Å². The summed E-state index contributed by atoms with van der Waals surface area (Å²) in [4.78, 5) is 10.3. The Morgan fingerprint density at radius 2 is 1.88 bits per heavy atom. The molecule has 0 atom stereocenters. The van der Waals surface area contributed by atoms with Crippen LogP contribution in [-0.2, 0) is 0 Å². The lowest BCUT2D eigenvalue weighted by Crippen LogP contribution is -1.76. The summed E-state index contributed by atoms with van der Waals surface area (Å²) in [7, 11) is 0. The fourth-order valence-corrected chi connectivity index (χ4v) is 2.82. The Kier molecular flexibility index (Phi) is 2.35. The van der Waals surface area contributed by atoms with Gasteiger partial charge in [-0.1, -0.05) is 41.9 Å². The van der Waals surface area contributed by atoms with Gasteiger partial charge >= 0.3 is 0 Å². The number of hydrogen-bond donors (Lipinski definition) is 0. The fraction of sp³-hybridized carbons (Fsp3) is 0. The summed E-state index contributed by atoms with van der Waals surface area (Å²) in [5, 5.41) is 1.44. The fourth-order valence-electron chi connectivity index (χ4n) is 1.57. The molecule has 0 saturated carbocycles. The lowest BCUT2D eigenvalue weighted by atomic mass is 10.2. The van der Waals surface area contributed by atoms with E-state index >= 15 is 0 Å². The first-order valence-electron chi connectivity index (χ1n) is 4.80. The molecule has 0 amide bonds. The first-order chi connectivity index (χ1) is 7.84. The average molecular weight is 247 g/mol. The number of nitrogens with zero attached hydrogens (tertiary/aromatic N) is 2. The van der Waals surface area contributed by atoms with E-state index in [1.165, 1.54) is 11.9 Å². The number of hydrogen-bond acceptors (Lipinski definition) is 3. The highest BCUT2D eigenvalue weighted by Gasteiger charge is 2.07. The molecule has 78 valence electrons. The van der Waals surface area contributed by atoms with Crippen molar-refractivity contribution in [2.45, 2.75) is 0 Å². The molecule has 2 aromatic heterocycles. The second-order valence-corrected chi connectivity index (χ2v) is 4.75. The van der Waals surface area contributed by atoms with Crippen LogP contribution < -0.4 is 0 Å². The molecular formula is C12H7ClN2S. The van der Waals surface area contributed by atoms with Crippen molar-refractivity contribution in [3.8, 4) is 10.4 Å². The zero-order chi connectivity index (χ0) is 11.0. The van der Waals surface area contributed by atoms with E-state index in [4.69, 9.17) is 11.6 Å². The first kappa shape index (κ1) is 9.75. The van der Waals surface area contributed by atoms with Gasteiger partial charge in [-0.3, -0.25) is 0 Å². The van der Waals surface area contributed by atoms with Crippen LogP contribution in [0.4, 0.5) is 0 Å². The van der Waals surface area contributed by atoms with Gasteiger partial charge in [0.05, 0.1) is 0 Å². The van der Waals surface area contributed by atoms with Gasteiger partial charge in [-0.05, 0) is 11.6 Å². The molecule has 3 aromatic rings. The van der Waals surface area contributed by atoms with Crippen LogP contribution in [0.3, 0.4) is 0 Å². The zero-order valence-electron chi connectivity index (χ0n) is 8.22. The number of rotatable bonds is 1. The number of fused-ring (bicyclic) bond motifs is 1. The number of thiophene rings is 1. The van der Waals surface area contributed by atoms with Crippen molar-refractivity contribution in [1.82, 2.24) is 9.97 Å². The predicted molar refractivity (Wildman–Crippen MR) is 67.9 cm³/mol. The van der Waals surface area contributed by atoms with Crippen LogP contribution in [0.5, 0.6) is 0 Å². The minimum Gasteiger partial charge on any atom is -0.225 e. The summed E-state index contributed by atoms with van der Waals surface area (Å²) in [6.45, 7) is 0. The Labute approximate surface area is 102 Å². The summed E-state index contributed by atoms with van der Waals surface area (Å²) < 4.78 is 0. The van der Waals surface area contributed by atoms with Gasteiger partial charge in [-0.2, -0.15) is 0 Å². The maximum Gasteiger partial charge on any atom is 0.141 e. The molecule has 2 nitrogen and oxygen atoms in total. The molecular weight excluding hydrogens is 240 g/mol. The van der Waals surface area contributed by atoms with E-state index in [0.29, 0.717) is 5.15 Å². The molecule has 0 bridgehead atoms. The molecule has 0 fully saturated rings. The lowest BCUT2D eigenvalue weighted by molar-refractivity contribution is 1.23. The zero-order valence-corrected chi connectivity index (χ0v) is 9.79. The van der Waals surface area contributed by atoms with E-state index in [1.54, 1.807) is 11.3 Å². The van der Waals surface area contributed by atoms with Gasteiger partial charge in [0.1, 0.15) is 16.3 Å². The molecule has 0 spiro atoms. The molecule has 0 aliphatic rings. The lowest BCUT2D eigenvalue weighted by Gasteiger charge is -1.93. The van der Waals surface area contributed by atoms with Gasteiger partial charge in [0.25, 0.3) is 0 Å². The van der Waals surface area contributed by atoms with Gasteiger partial charge in [0, 0.05) is 10.3 Å². The molecule has 3 rings (SSSR count). The van der Waals surface area contributed by atoms with Crippen molar-refractivity contribution in [2.24, 2.45) is 0 Å². The Balaban J connectivity index is 2.23. The smallest absolute Gasteiger partial charge is 0.141 e. The van der Waals surface area contributed by atoms with Crippen LogP contribution in [0, 0.1) is 0 Å². The van der Waals surface area contributed by atoms with Gasteiger partial charge in [0.2, 0.25) is 0 Å². The highest BCUT2D eigenvalue weighted by atomic mass is 35.5. The van der Waals surface area contributed by atoms with E-state index in [9.17, 15) is 0 Å². The Bertz CT molecular complexity index is 634. The standard InChI is InChI=1S/C12H7ClN2S/c13-11-9-6-10(8-4-2-1-3-5-8)16-12(9)15-7-14-11/h1-7H. The molecule has 4 heteroatoms. The number of benzene rings is 1. The van der Waals surface area contributed by atoms with E-state index in [1.807, 2.05) is 24.3 Å². The summed E-state index contributed by atoms with van der Waals surface area (Å²) in [5.41, 5.74) is 1.18. The Hall–Kier alpha value is -1.45. The van der Waals surface area contributed by atoms with Gasteiger partial charge in [-0.25, -0.2) is 9.97 Å². The van der Waals surface area contributed by atoms with Gasteiger partial charge in [0.15, 0.2) is 0 Å². The van der Waals surface area contributed by atoms with Crippen molar-refractivity contribution in [3.63, 3.8) is 0 Å². The highest BCUT2D eigenvalue weighted by molar-refractivity contribution is 7.21. The maximum absolute atomic E-state index is 6.01.